The first-order valence-electron chi connectivity index (χ1n) is 11.2. The average molecular weight is 425 g/mol. The summed E-state index contributed by atoms with van der Waals surface area (Å²) in [6.45, 7) is 3.12. The van der Waals surface area contributed by atoms with Gasteiger partial charge in [0.2, 0.25) is 0 Å². The number of nitrogens with zero attached hydrogens (tertiary/aromatic N) is 5. The maximum atomic E-state index is 13.1. The van der Waals surface area contributed by atoms with Gasteiger partial charge in [0.05, 0.1) is 11.2 Å². The first-order chi connectivity index (χ1) is 15.8. The van der Waals surface area contributed by atoms with Crippen LogP contribution in [0, 0.1) is 0 Å². The molecule has 1 aliphatic heterocycles. The lowest BCUT2D eigenvalue weighted by Crippen LogP contribution is -2.46. The molecule has 1 N–H and O–H groups in total. The van der Waals surface area contributed by atoms with Crippen molar-refractivity contribution in [2.45, 2.75) is 18.8 Å². The van der Waals surface area contributed by atoms with E-state index in [9.17, 15) is 4.79 Å². The van der Waals surface area contributed by atoms with Crippen molar-refractivity contribution in [2.24, 2.45) is 0 Å². The Morgan fingerprint density at radius 1 is 0.938 bits per heavy atom. The van der Waals surface area contributed by atoms with Gasteiger partial charge in [-0.05, 0) is 30.5 Å². The molecule has 1 aliphatic carbocycles. The highest BCUT2D eigenvalue weighted by Gasteiger charge is 2.30. The Labute approximate surface area is 186 Å². The molecule has 2 aromatic carbocycles. The van der Waals surface area contributed by atoms with Gasteiger partial charge in [-0.3, -0.25) is 4.79 Å². The van der Waals surface area contributed by atoms with Crippen LogP contribution in [0.1, 0.15) is 34.8 Å². The van der Waals surface area contributed by atoms with Gasteiger partial charge in [-0.1, -0.05) is 36.4 Å². The van der Waals surface area contributed by atoms with Crippen LogP contribution in [0.25, 0.3) is 28.0 Å². The van der Waals surface area contributed by atoms with Crippen LogP contribution >= 0.6 is 0 Å². The predicted molar refractivity (Wildman–Crippen MR) is 123 cm³/mol. The predicted octanol–water partition coefficient (Wildman–Crippen LogP) is 3.41. The summed E-state index contributed by atoms with van der Waals surface area (Å²) < 4.78 is 1.80. The molecular weight excluding hydrogens is 400 g/mol. The van der Waals surface area contributed by atoms with Crippen molar-refractivity contribution in [1.29, 1.82) is 0 Å². The Hall–Kier alpha value is -3.58. The van der Waals surface area contributed by atoms with Crippen LogP contribution in [0.3, 0.4) is 0 Å². The maximum Gasteiger partial charge on any atom is 0.254 e. The molecule has 1 saturated carbocycles. The van der Waals surface area contributed by atoms with Crippen molar-refractivity contribution in [1.82, 2.24) is 30.0 Å². The highest BCUT2D eigenvalue weighted by atomic mass is 16.2. The van der Waals surface area contributed by atoms with E-state index in [0.29, 0.717) is 17.4 Å². The third-order valence-electron chi connectivity index (χ3n) is 6.26. The zero-order valence-electron chi connectivity index (χ0n) is 17.7. The van der Waals surface area contributed by atoms with Gasteiger partial charge in [0.15, 0.2) is 0 Å². The molecule has 3 heterocycles. The van der Waals surface area contributed by atoms with Crippen LogP contribution in [0.2, 0.25) is 0 Å². The van der Waals surface area contributed by atoms with Gasteiger partial charge in [-0.2, -0.15) is 9.78 Å². The summed E-state index contributed by atoms with van der Waals surface area (Å²) >= 11 is 0. The number of aromatic nitrogens is 4. The summed E-state index contributed by atoms with van der Waals surface area (Å²) in [5.74, 6) is 1.07. The van der Waals surface area contributed by atoms with Crippen molar-refractivity contribution in [2.75, 3.05) is 26.2 Å². The van der Waals surface area contributed by atoms with Gasteiger partial charge < -0.3 is 10.2 Å². The Bertz CT molecular complexity index is 1270. The van der Waals surface area contributed by atoms with Crippen molar-refractivity contribution in [3.8, 4) is 17.1 Å². The number of benzene rings is 2. The van der Waals surface area contributed by atoms with Gasteiger partial charge in [0, 0.05) is 61.0 Å². The largest absolute Gasteiger partial charge is 0.336 e. The molecule has 1 saturated heterocycles. The fraction of sp³-hybridized carbons (Fsp3) is 0.280. The minimum atomic E-state index is 0.0643. The van der Waals surface area contributed by atoms with Gasteiger partial charge in [0.25, 0.3) is 11.9 Å². The molecule has 32 heavy (non-hydrogen) atoms. The Morgan fingerprint density at radius 3 is 2.41 bits per heavy atom. The minimum Gasteiger partial charge on any atom is -0.336 e. The van der Waals surface area contributed by atoms with Crippen LogP contribution in [0.15, 0.2) is 60.9 Å². The monoisotopic (exact) mass is 424 g/mol. The molecule has 0 radical (unpaired) electrons. The highest BCUT2D eigenvalue weighted by molar-refractivity contribution is 5.98. The molecule has 0 unspecified atom stereocenters. The topological polar surface area (TPSA) is 75.9 Å². The van der Waals surface area contributed by atoms with E-state index in [1.165, 1.54) is 0 Å². The SMILES string of the molecule is O=C(c1ccc2c(C3CC3)nn(-c3ncc(-c4ccccc4)cn3)c2c1)N1CCNCC1. The summed E-state index contributed by atoms with van der Waals surface area (Å²) in [7, 11) is 0. The molecule has 6 rings (SSSR count). The van der Waals surface area contributed by atoms with E-state index in [1.54, 1.807) is 4.68 Å². The number of carbonyl (C=O) groups is 1. The lowest BCUT2D eigenvalue weighted by Gasteiger charge is -2.27. The van der Waals surface area contributed by atoms with Crippen LogP contribution in [0.4, 0.5) is 0 Å². The molecule has 0 atom stereocenters. The molecule has 2 aromatic heterocycles. The second kappa shape index (κ2) is 7.84. The Kier molecular flexibility index (Phi) is 4.69. The summed E-state index contributed by atoms with van der Waals surface area (Å²) in [6, 6.07) is 16.0. The third kappa shape index (κ3) is 3.44. The fourth-order valence-electron chi connectivity index (χ4n) is 4.34. The molecule has 7 nitrogen and oxygen atoms in total. The van der Waals surface area contributed by atoms with E-state index < -0.39 is 0 Å². The minimum absolute atomic E-state index is 0.0643. The second-order valence-corrected chi connectivity index (χ2v) is 8.48. The molecule has 0 spiro atoms. The number of fused-ring (bicyclic) bond motifs is 1. The fourth-order valence-corrected chi connectivity index (χ4v) is 4.34. The highest BCUT2D eigenvalue weighted by Crippen LogP contribution is 2.43. The first-order valence-corrected chi connectivity index (χ1v) is 11.2. The van der Waals surface area contributed by atoms with Gasteiger partial charge in [-0.25, -0.2) is 9.97 Å². The van der Waals surface area contributed by atoms with Crippen molar-refractivity contribution in [3.05, 3.63) is 72.2 Å². The normalized spacial score (nSPS) is 16.4. The second-order valence-electron chi connectivity index (χ2n) is 8.48. The third-order valence-corrected chi connectivity index (χ3v) is 6.26. The van der Waals surface area contributed by atoms with E-state index in [0.717, 1.165) is 66.7 Å². The lowest BCUT2D eigenvalue weighted by molar-refractivity contribution is 0.0736. The quantitative estimate of drug-likeness (QED) is 0.543. The molecule has 2 fully saturated rings. The number of nitrogens with one attached hydrogen (secondary N) is 1. The van der Waals surface area contributed by atoms with Crippen LogP contribution in [0.5, 0.6) is 0 Å². The van der Waals surface area contributed by atoms with E-state index in [4.69, 9.17) is 5.10 Å². The molecule has 4 aromatic rings. The molecule has 7 heteroatoms. The van der Waals surface area contributed by atoms with Crippen LogP contribution in [-0.4, -0.2) is 56.7 Å². The number of hydrogen-bond donors (Lipinski definition) is 1. The number of hydrogen-bond acceptors (Lipinski definition) is 5. The van der Waals surface area contributed by atoms with E-state index in [1.807, 2.05) is 65.8 Å². The smallest absolute Gasteiger partial charge is 0.254 e. The van der Waals surface area contributed by atoms with E-state index in [-0.39, 0.29) is 5.91 Å². The molecule has 1 amide bonds. The molecule has 0 bridgehead atoms. The molecule has 2 aliphatic rings. The summed E-state index contributed by atoms with van der Waals surface area (Å²) in [5.41, 5.74) is 4.69. The summed E-state index contributed by atoms with van der Waals surface area (Å²) in [6.07, 6.45) is 5.97. The van der Waals surface area contributed by atoms with Gasteiger partial charge in [0.1, 0.15) is 0 Å². The van der Waals surface area contributed by atoms with Crippen molar-refractivity contribution in [3.63, 3.8) is 0 Å². The Balaban J connectivity index is 1.41. The van der Waals surface area contributed by atoms with E-state index in [2.05, 4.69) is 15.3 Å². The van der Waals surface area contributed by atoms with Gasteiger partial charge in [-0.15, -0.1) is 0 Å². The number of rotatable bonds is 4. The zero-order valence-corrected chi connectivity index (χ0v) is 17.7. The van der Waals surface area contributed by atoms with Crippen LogP contribution in [-0.2, 0) is 0 Å². The summed E-state index contributed by atoms with van der Waals surface area (Å²) in [5, 5.41) is 9.27. The lowest BCUT2D eigenvalue weighted by atomic mass is 10.1. The summed E-state index contributed by atoms with van der Waals surface area (Å²) in [4.78, 5) is 24.2. The Morgan fingerprint density at radius 2 is 1.69 bits per heavy atom. The average Bonchev–Trinajstić information content (AvgIpc) is 3.65. The standard InChI is InChI=1S/C25H24N6O/c32-24(30-12-10-26-11-13-30)19-8-9-21-22(14-19)31(29-23(21)18-6-7-18)25-27-15-20(16-28-25)17-4-2-1-3-5-17/h1-5,8-9,14-16,18,26H,6-7,10-13H2. The number of piperazine rings is 1. The van der Waals surface area contributed by atoms with Crippen molar-refractivity contribution >= 4 is 16.8 Å². The number of amides is 1. The van der Waals surface area contributed by atoms with Crippen molar-refractivity contribution < 1.29 is 4.79 Å². The van der Waals surface area contributed by atoms with Crippen LogP contribution < -0.4 is 5.32 Å². The van der Waals surface area contributed by atoms with Gasteiger partial charge >= 0.3 is 0 Å². The maximum absolute atomic E-state index is 13.1. The van der Waals surface area contributed by atoms with E-state index >= 15 is 0 Å². The number of carbonyl (C=O) groups excluding carboxylic acids is 1. The zero-order chi connectivity index (χ0) is 21.5. The molecule has 160 valence electrons. The molecular formula is C25H24N6O. The first kappa shape index (κ1) is 19.1.